The van der Waals surface area contributed by atoms with Crippen LogP contribution in [0.3, 0.4) is 0 Å². The number of nitrogens with zero attached hydrogens (tertiary/aromatic N) is 1. The number of piperidine rings is 1. The van der Waals surface area contributed by atoms with Gasteiger partial charge in [-0.2, -0.15) is 0 Å². The molecule has 21 heavy (non-hydrogen) atoms. The van der Waals surface area contributed by atoms with Gasteiger partial charge in [0.1, 0.15) is 6.04 Å². The summed E-state index contributed by atoms with van der Waals surface area (Å²) in [7, 11) is 1.34. The minimum Gasteiger partial charge on any atom is -0.467 e. The molecule has 0 radical (unpaired) electrons. The first-order valence-electron chi connectivity index (χ1n) is 7.72. The van der Waals surface area contributed by atoms with Crippen LogP contribution in [0.1, 0.15) is 33.1 Å². The molecule has 0 unspecified atom stereocenters. The lowest BCUT2D eigenvalue weighted by Crippen LogP contribution is -2.50. The standard InChI is InChI=1S/C15H28N2O4/c1-4-11(2)14(15(20)21-3)16-13(19)9-17-7-5-12(10-18)6-8-17/h11-12,14,18H,4-10H2,1-3H3,(H,16,19)/t11-,14-/m1/s1. The van der Waals surface area contributed by atoms with Gasteiger partial charge in [0.15, 0.2) is 0 Å². The van der Waals surface area contributed by atoms with Gasteiger partial charge < -0.3 is 15.2 Å². The van der Waals surface area contributed by atoms with E-state index < -0.39 is 12.0 Å². The van der Waals surface area contributed by atoms with Crippen LogP contribution in [0.25, 0.3) is 0 Å². The highest BCUT2D eigenvalue weighted by molar-refractivity contribution is 5.85. The molecule has 1 fully saturated rings. The average Bonchev–Trinajstić information content (AvgIpc) is 2.51. The molecule has 1 aliphatic rings. The Hall–Kier alpha value is -1.14. The lowest BCUT2D eigenvalue weighted by molar-refractivity contribution is -0.146. The first-order chi connectivity index (χ1) is 10.0. The third-order valence-corrected chi connectivity index (χ3v) is 4.32. The maximum atomic E-state index is 12.1. The molecule has 2 N–H and O–H groups in total. The third kappa shape index (κ3) is 5.63. The van der Waals surface area contributed by atoms with Crippen molar-refractivity contribution in [2.75, 3.05) is 33.4 Å². The molecular weight excluding hydrogens is 272 g/mol. The van der Waals surface area contributed by atoms with E-state index in [1.165, 1.54) is 7.11 Å². The normalized spacial score (nSPS) is 19.8. The predicted octanol–water partition coefficient (Wildman–Crippen LogP) is 0.395. The summed E-state index contributed by atoms with van der Waals surface area (Å²) < 4.78 is 4.76. The monoisotopic (exact) mass is 300 g/mol. The van der Waals surface area contributed by atoms with Crippen LogP contribution in [-0.4, -0.2) is 61.3 Å². The highest BCUT2D eigenvalue weighted by Gasteiger charge is 2.28. The highest BCUT2D eigenvalue weighted by atomic mass is 16.5. The zero-order chi connectivity index (χ0) is 15.8. The molecule has 0 saturated carbocycles. The van der Waals surface area contributed by atoms with Crippen LogP contribution in [0.4, 0.5) is 0 Å². The average molecular weight is 300 g/mol. The quantitative estimate of drug-likeness (QED) is 0.665. The number of likely N-dealkylation sites (tertiary alicyclic amines) is 1. The Morgan fingerprint density at radius 1 is 1.38 bits per heavy atom. The number of ether oxygens (including phenoxy) is 1. The van der Waals surface area contributed by atoms with E-state index in [9.17, 15) is 9.59 Å². The molecule has 122 valence electrons. The number of hydrogen-bond donors (Lipinski definition) is 2. The zero-order valence-corrected chi connectivity index (χ0v) is 13.3. The van der Waals surface area contributed by atoms with Gasteiger partial charge in [0.2, 0.25) is 5.91 Å². The summed E-state index contributed by atoms with van der Waals surface area (Å²) in [6.45, 7) is 6.04. The largest absolute Gasteiger partial charge is 0.467 e. The Labute approximate surface area is 126 Å². The summed E-state index contributed by atoms with van der Waals surface area (Å²) in [6.07, 6.45) is 2.62. The lowest BCUT2D eigenvalue weighted by atomic mass is 9.97. The van der Waals surface area contributed by atoms with E-state index >= 15 is 0 Å². The molecule has 6 nitrogen and oxygen atoms in total. The van der Waals surface area contributed by atoms with Crippen molar-refractivity contribution in [3.63, 3.8) is 0 Å². The van der Waals surface area contributed by atoms with Gasteiger partial charge in [-0.25, -0.2) is 4.79 Å². The van der Waals surface area contributed by atoms with E-state index in [2.05, 4.69) is 10.2 Å². The second kappa shape index (κ2) is 9.00. The molecule has 0 aliphatic carbocycles. The number of carbonyl (C=O) groups excluding carboxylic acids is 2. The summed E-state index contributed by atoms with van der Waals surface area (Å²) in [5, 5.41) is 11.9. The van der Waals surface area contributed by atoms with Crippen molar-refractivity contribution in [1.29, 1.82) is 0 Å². The lowest BCUT2D eigenvalue weighted by Gasteiger charge is -2.31. The molecule has 1 aliphatic heterocycles. The summed E-state index contributed by atoms with van der Waals surface area (Å²) >= 11 is 0. The van der Waals surface area contributed by atoms with E-state index in [0.717, 1.165) is 32.4 Å². The molecule has 1 rings (SSSR count). The number of aliphatic hydroxyl groups is 1. The molecule has 6 heteroatoms. The van der Waals surface area contributed by atoms with E-state index in [1.54, 1.807) is 0 Å². The number of nitrogens with one attached hydrogen (secondary N) is 1. The van der Waals surface area contributed by atoms with Gasteiger partial charge in [-0.3, -0.25) is 9.69 Å². The first-order valence-corrected chi connectivity index (χ1v) is 7.72. The summed E-state index contributed by atoms with van der Waals surface area (Å²) in [4.78, 5) is 25.9. The van der Waals surface area contributed by atoms with Crippen molar-refractivity contribution in [1.82, 2.24) is 10.2 Å². The van der Waals surface area contributed by atoms with E-state index in [4.69, 9.17) is 9.84 Å². The Bertz CT molecular complexity index is 341. The molecule has 0 aromatic rings. The van der Waals surface area contributed by atoms with Gasteiger partial charge in [-0.05, 0) is 37.8 Å². The van der Waals surface area contributed by atoms with Gasteiger partial charge in [0, 0.05) is 6.61 Å². The molecule has 1 heterocycles. The summed E-state index contributed by atoms with van der Waals surface area (Å²) in [5.41, 5.74) is 0. The van der Waals surface area contributed by atoms with Gasteiger partial charge in [0.05, 0.1) is 13.7 Å². The van der Waals surface area contributed by atoms with Crippen molar-refractivity contribution in [3.8, 4) is 0 Å². The van der Waals surface area contributed by atoms with Crippen molar-refractivity contribution < 1.29 is 19.4 Å². The number of methoxy groups -OCH3 is 1. The molecule has 0 spiro atoms. The molecule has 0 aromatic carbocycles. The summed E-state index contributed by atoms with van der Waals surface area (Å²) in [5.74, 6) is -0.140. The van der Waals surface area contributed by atoms with Gasteiger partial charge in [-0.1, -0.05) is 20.3 Å². The van der Waals surface area contributed by atoms with Crippen LogP contribution in [-0.2, 0) is 14.3 Å². The van der Waals surface area contributed by atoms with Crippen LogP contribution in [0.5, 0.6) is 0 Å². The molecule has 0 bridgehead atoms. The van der Waals surface area contributed by atoms with Crippen molar-refractivity contribution in [2.45, 2.75) is 39.2 Å². The van der Waals surface area contributed by atoms with Crippen LogP contribution >= 0.6 is 0 Å². The maximum absolute atomic E-state index is 12.1. The van der Waals surface area contributed by atoms with Gasteiger partial charge >= 0.3 is 5.97 Å². The van der Waals surface area contributed by atoms with E-state index in [0.29, 0.717) is 12.5 Å². The maximum Gasteiger partial charge on any atom is 0.328 e. The molecule has 1 amide bonds. The fourth-order valence-electron chi connectivity index (χ4n) is 2.55. The van der Waals surface area contributed by atoms with Gasteiger partial charge in [-0.15, -0.1) is 0 Å². The SMILES string of the molecule is CC[C@@H](C)[C@@H](NC(=O)CN1CCC(CO)CC1)C(=O)OC. The highest BCUT2D eigenvalue weighted by Crippen LogP contribution is 2.16. The minimum absolute atomic E-state index is 0.0431. The van der Waals surface area contributed by atoms with Crippen LogP contribution in [0.15, 0.2) is 0 Å². The van der Waals surface area contributed by atoms with Crippen molar-refractivity contribution in [3.05, 3.63) is 0 Å². The number of aliphatic hydroxyl groups excluding tert-OH is 1. The Balaban J connectivity index is 2.45. The number of amides is 1. The smallest absolute Gasteiger partial charge is 0.328 e. The van der Waals surface area contributed by atoms with Crippen molar-refractivity contribution >= 4 is 11.9 Å². The predicted molar refractivity (Wildman–Crippen MR) is 79.7 cm³/mol. The van der Waals surface area contributed by atoms with E-state index in [1.807, 2.05) is 13.8 Å². The Morgan fingerprint density at radius 3 is 2.48 bits per heavy atom. The third-order valence-electron chi connectivity index (χ3n) is 4.32. The Kier molecular flexibility index (Phi) is 7.67. The Morgan fingerprint density at radius 2 is 2.00 bits per heavy atom. The topological polar surface area (TPSA) is 78.9 Å². The van der Waals surface area contributed by atoms with Gasteiger partial charge in [0.25, 0.3) is 0 Å². The van der Waals surface area contributed by atoms with E-state index in [-0.39, 0.29) is 18.4 Å². The molecule has 1 saturated heterocycles. The zero-order valence-electron chi connectivity index (χ0n) is 13.3. The molecular formula is C15H28N2O4. The van der Waals surface area contributed by atoms with Crippen LogP contribution in [0, 0.1) is 11.8 Å². The fraction of sp³-hybridized carbons (Fsp3) is 0.867. The molecule has 0 aromatic heterocycles. The van der Waals surface area contributed by atoms with Crippen LogP contribution in [0.2, 0.25) is 0 Å². The molecule has 2 atom stereocenters. The second-order valence-corrected chi connectivity index (χ2v) is 5.86. The first kappa shape index (κ1) is 17.9. The number of hydrogen-bond acceptors (Lipinski definition) is 5. The van der Waals surface area contributed by atoms with Crippen molar-refractivity contribution in [2.24, 2.45) is 11.8 Å². The number of carbonyl (C=O) groups is 2. The van der Waals surface area contributed by atoms with Crippen LogP contribution < -0.4 is 5.32 Å². The minimum atomic E-state index is -0.581. The number of rotatable bonds is 7. The fourth-order valence-corrected chi connectivity index (χ4v) is 2.55. The second-order valence-electron chi connectivity index (χ2n) is 5.86. The summed E-state index contributed by atoms with van der Waals surface area (Å²) in [6, 6.07) is -0.581. The number of esters is 1.